The molecule has 2 aromatic rings. The van der Waals surface area contributed by atoms with Gasteiger partial charge in [0.2, 0.25) is 0 Å². The molecule has 0 bridgehead atoms. The average molecular weight is 281 g/mol. The van der Waals surface area contributed by atoms with E-state index in [1.807, 2.05) is 25.1 Å². The number of rotatable bonds is 2. The van der Waals surface area contributed by atoms with Crippen LogP contribution in [-0.2, 0) is 0 Å². The number of hydrogen-bond acceptors (Lipinski definition) is 1. The van der Waals surface area contributed by atoms with E-state index >= 15 is 0 Å². The third-order valence-electron chi connectivity index (χ3n) is 2.18. The molecule has 0 spiro atoms. The van der Waals surface area contributed by atoms with Gasteiger partial charge in [-0.05, 0) is 55.0 Å². The molecule has 3 heteroatoms. The Bertz CT molecular complexity index is 494. The molecule has 0 heterocycles. The molecule has 0 amide bonds. The quantitative estimate of drug-likeness (QED) is 0.776. The van der Waals surface area contributed by atoms with Crippen molar-refractivity contribution in [2.75, 3.05) is 0 Å². The summed E-state index contributed by atoms with van der Waals surface area (Å²) < 4.78 is 19.3. The predicted molar refractivity (Wildman–Crippen MR) is 65.4 cm³/mol. The number of benzene rings is 2. The largest absolute Gasteiger partial charge is 0.457 e. The number of ether oxygens (including phenoxy) is 1. The summed E-state index contributed by atoms with van der Waals surface area (Å²) in [6.07, 6.45) is 0. The van der Waals surface area contributed by atoms with Crippen LogP contribution in [0.15, 0.2) is 46.9 Å². The van der Waals surface area contributed by atoms with Gasteiger partial charge in [-0.1, -0.05) is 15.9 Å². The molecule has 0 aliphatic rings. The van der Waals surface area contributed by atoms with Crippen molar-refractivity contribution in [3.8, 4) is 11.5 Å². The van der Waals surface area contributed by atoms with Crippen molar-refractivity contribution in [3.63, 3.8) is 0 Å². The molecule has 0 N–H and O–H groups in total. The summed E-state index contributed by atoms with van der Waals surface area (Å²) in [6.45, 7) is 1.99. The maximum Gasteiger partial charge on any atom is 0.127 e. The Labute approximate surface area is 102 Å². The number of hydrogen-bond donors (Lipinski definition) is 0. The maximum atomic E-state index is 12.7. The van der Waals surface area contributed by atoms with Crippen molar-refractivity contribution in [1.82, 2.24) is 0 Å². The molecule has 0 aromatic heterocycles. The van der Waals surface area contributed by atoms with E-state index in [2.05, 4.69) is 15.9 Å². The molecular weight excluding hydrogens is 271 g/mol. The monoisotopic (exact) mass is 280 g/mol. The standard InChI is InChI=1S/C13H10BrFO/c1-9-8-12(6-7-13(9)14)16-11-4-2-10(15)3-5-11/h2-8H,1H3. The molecule has 0 saturated carbocycles. The molecular formula is C13H10BrFO. The van der Waals surface area contributed by atoms with E-state index in [1.54, 1.807) is 12.1 Å². The Morgan fingerprint density at radius 2 is 1.62 bits per heavy atom. The van der Waals surface area contributed by atoms with E-state index in [-0.39, 0.29) is 5.82 Å². The van der Waals surface area contributed by atoms with E-state index in [4.69, 9.17) is 4.74 Å². The van der Waals surface area contributed by atoms with Gasteiger partial charge in [-0.15, -0.1) is 0 Å². The molecule has 0 radical (unpaired) electrons. The van der Waals surface area contributed by atoms with Gasteiger partial charge >= 0.3 is 0 Å². The zero-order chi connectivity index (χ0) is 11.5. The molecule has 0 aliphatic heterocycles. The Hall–Kier alpha value is -1.35. The van der Waals surface area contributed by atoms with Gasteiger partial charge in [0.15, 0.2) is 0 Å². The Balaban J connectivity index is 2.20. The van der Waals surface area contributed by atoms with Crippen molar-refractivity contribution in [1.29, 1.82) is 0 Å². The minimum absolute atomic E-state index is 0.265. The first-order valence-corrected chi connectivity index (χ1v) is 5.64. The van der Waals surface area contributed by atoms with Crippen LogP contribution in [0.1, 0.15) is 5.56 Å². The van der Waals surface area contributed by atoms with Gasteiger partial charge < -0.3 is 4.74 Å². The smallest absolute Gasteiger partial charge is 0.127 e. The first-order valence-electron chi connectivity index (χ1n) is 4.85. The Kier molecular flexibility index (Phi) is 3.25. The molecule has 16 heavy (non-hydrogen) atoms. The predicted octanol–water partition coefficient (Wildman–Crippen LogP) is 4.69. The highest BCUT2D eigenvalue weighted by Gasteiger charge is 2.00. The fourth-order valence-corrected chi connectivity index (χ4v) is 1.57. The summed E-state index contributed by atoms with van der Waals surface area (Å²) in [5.74, 6) is 1.11. The highest BCUT2D eigenvalue weighted by molar-refractivity contribution is 9.10. The highest BCUT2D eigenvalue weighted by atomic mass is 79.9. The van der Waals surface area contributed by atoms with Gasteiger partial charge in [0.1, 0.15) is 17.3 Å². The molecule has 0 aliphatic carbocycles. The van der Waals surface area contributed by atoms with E-state index < -0.39 is 0 Å². The number of halogens is 2. The van der Waals surface area contributed by atoms with Crippen LogP contribution in [0.25, 0.3) is 0 Å². The molecule has 0 unspecified atom stereocenters. The maximum absolute atomic E-state index is 12.7. The van der Waals surface area contributed by atoms with Crippen LogP contribution in [0.5, 0.6) is 11.5 Å². The van der Waals surface area contributed by atoms with Gasteiger partial charge in [0, 0.05) is 4.47 Å². The van der Waals surface area contributed by atoms with Crippen LogP contribution in [0, 0.1) is 12.7 Å². The van der Waals surface area contributed by atoms with Gasteiger partial charge in [-0.2, -0.15) is 0 Å². The zero-order valence-corrected chi connectivity index (χ0v) is 10.3. The van der Waals surface area contributed by atoms with Gasteiger partial charge in [0.25, 0.3) is 0 Å². The van der Waals surface area contributed by atoms with Crippen LogP contribution in [0.3, 0.4) is 0 Å². The van der Waals surface area contributed by atoms with Gasteiger partial charge in [0.05, 0.1) is 0 Å². The van der Waals surface area contributed by atoms with Gasteiger partial charge in [-0.3, -0.25) is 0 Å². The Morgan fingerprint density at radius 1 is 1.00 bits per heavy atom. The van der Waals surface area contributed by atoms with Crippen LogP contribution >= 0.6 is 15.9 Å². The topological polar surface area (TPSA) is 9.23 Å². The molecule has 2 rings (SSSR count). The third-order valence-corrected chi connectivity index (χ3v) is 3.07. The van der Waals surface area contributed by atoms with Crippen LogP contribution in [0.2, 0.25) is 0 Å². The Morgan fingerprint density at radius 3 is 2.25 bits per heavy atom. The van der Waals surface area contributed by atoms with E-state index in [1.165, 1.54) is 12.1 Å². The molecule has 0 fully saturated rings. The van der Waals surface area contributed by atoms with Gasteiger partial charge in [-0.25, -0.2) is 4.39 Å². The molecule has 1 nitrogen and oxygen atoms in total. The van der Waals surface area contributed by atoms with Crippen molar-refractivity contribution in [2.24, 2.45) is 0 Å². The van der Waals surface area contributed by atoms with Crippen LogP contribution in [0.4, 0.5) is 4.39 Å². The third kappa shape index (κ3) is 2.61. The summed E-state index contributed by atoms with van der Waals surface area (Å²) in [4.78, 5) is 0. The molecule has 0 saturated heterocycles. The van der Waals surface area contributed by atoms with Crippen molar-refractivity contribution >= 4 is 15.9 Å². The lowest BCUT2D eigenvalue weighted by molar-refractivity contribution is 0.480. The van der Waals surface area contributed by atoms with Crippen molar-refractivity contribution in [3.05, 3.63) is 58.3 Å². The first-order chi connectivity index (χ1) is 7.65. The fraction of sp³-hybridized carbons (Fsp3) is 0.0769. The fourth-order valence-electron chi connectivity index (χ4n) is 1.32. The normalized spacial score (nSPS) is 10.2. The van der Waals surface area contributed by atoms with Crippen LogP contribution < -0.4 is 4.74 Å². The molecule has 2 aromatic carbocycles. The van der Waals surface area contributed by atoms with Crippen molar-refractivity contribution in [2.45, 2.75) is 6.92 Å². The zero-order valence-electron chi connectivity index (χ0n) is 8.71. The van der Waals surface area contributed by atoms with E-state index in [0.29, 0.717) is 5.75 Å². The summed E-state index contributed by atoms with van der Waals surface area (Å²) >= 11 is 3.42. The lowest BCUT2D eigenvalue weighted by atomic mass is 10.2. The molecule has 0 atom stereocenters. The second-order valence-corrected chi connectivity index (χ2v) is 4.32. The lowest BCUT2D eigenvalue weighted by Crippen LogP contribution is -1.85. The number of aryl methyl sites for hydroxylation is 1. The van der Waals surface area contributed by atoms with E-state index in [0.717, 1.165) is 15.8 Å². The average Bonchev–Trinajstić information content (AvgIpc) is 2.27. The highest BCUT2D eigenvalue weighted by Crippen LogP contribution is 2.26. The summed E-state index contributed by atoms with van der Waals surface area (Å²) in [6, 6.07) is 11.7. The second kappa shape index (κ2) is 4.66. The minimum atomic E-state index is -0.265. The molecule has 82 valence electrons. The van der Waals surface area contributed by atoms with Crippen LogP contribution in [-0.4, -0.2) is 0 Å². The SMILES string of the molecule is Cc1cc(Oc2ccc(F)cc2)ccc1Br. The summed E-state index contributed by atoms with van der Waals surface area (Å²) in [5.41, 5.74) is 1.10. The second-order valence-electron chi connectivity index (χ2n) is 3.47. The summed E-state index contributed by atoms with van der Waals surface area (Å²) in [5, 5.41) is 0. The summed E-state index contributed by atoms with van der Waals surface area (Å²) in [7, 11) is 0. The minimum Gasteiger partial charge on any atom is -0.457 e. The van der Waals surface area contributed by atoms with Crippen molar-refractivity contribution < 1.29 is 9.13 Å². The van der Waals surface area contributed by atoms with E-state index in [9.17, 15) is 4.39 Å². The lowest BCUT2D eigenvalue weighted by Gasteiger charge is -2.07. The first kappa shape index (κ1) is 11.1.